The number of carbonyl (C=O) groups excluding carboxylic acids is 1. The number of likely N-dealkylation sites (N-methyl/N-ethyl adjacent to an activating group) is 1. The minimum atomic E-state index is 0.00128. The number of amides is 1. The van der Waals surface area contributed by atoms with Gasteiger partial charge in [-0.2, -0.15) is 0 Å². The monoisotopic (exact) mass is 330 g/mol. The second-order valence-corrected chi connectivity index (χ2v) is 7.21. The normalized spacial score (nSPS) is 12.7. The van der Waals surface area contributed by atoms with Crippen LogP contribution >= 0.6 is 22.7 Å². The zero-order valence-electron chi connectivity index (χ0n) is 12.6. The minimum Gasteiger partial charge on any atom is -0.349 e. The van der Waals surface area contributed by atoms with Crippen molar-refractivity contribution in [3.05, 3.63) is 57.6 Å². The van der Waals surface area contributed by atoms with E-state index in [1.54, 1.807) is 11.3 Å². The zero-order valence-corrected chi connectivity index (χ0v) is 14.2. The van der Waals surface area contributed by atoms with Gasteiger partial charge in [-0.25, -0.2) is 0 Å². The van der Waals surface area contributed by atoms with E-state index >= 15 is 0 Å². The fourth-order valence-electron chi connectivity index (χ4n) is 2.51. The molecule has 0 aliphatic rings. The molecule has 3 rings (SSSR count). The van der Waals surface area contributed by atoms with Crippen LogP contribution in [0.4, 0.5) is 0 Å². The highest BCUT2D eigenvalue weighted by molar-refractivity contribution is 7.17. The standard InChI is InChI=1S/C17H18N2OS2/c1-19(2)14(10-18-17(20)16-8-5-9-21-16)13-11-22-15-7-4-3-6-12(13)15/h3-9,11,14H,10H2,1-2H3,(H,18,20)/t14-/m1/s1. The van der Waals surface area contributed by atoms with Crippen molar-refractivity contribution in [2.45, 2.75) is 6.04 Å². The topological polar surface area (TPSA) is 32.3 Å². The van der Waals surface area contributed by atoms with Crippen molar-refractivity contribution < 1.29 is 4.79 Å². The molecule has 1 N–H and O–H groups in total. The average Bonchev–Trinajstić information content (AvgIpc) is 3.17. The van der Waals surface area contributed by atoms with Crippen LogP contribution in [0.3, 0.4) is 0 Å². The van der Waals surface area contributed by atoms with Gasteiger partial charge in [0.1, 0.15) is 0 Å². The Hall–Kier alpha value is -1.69. The summed E-state index contributed by atoms with van der Waals surface area (Å²) in [5.74, 6) is 0.00128. The van der Waals surface area contributed by atoms with Gasteiger partial charge in [0.15, 0.2) is 0 Å². The van der Waals surface area contributed by atoms with Crippen LogP contribution in [0.15, 0.2) is 47.2 Å². The van der Waals surface area contributed by atoms with Gasteiger partial charge in [-0.3, -0.25) is 4.79 Å². The molecule has 0 unspecified atom stereocenters. The van der Waals surface area contributed by atoms with Gasteiger partial charge in [0.2, 0.25) is 0 Å². The number of nitrogens with zero attached hydrogens (tertiary/aromatic N) is 1. The minimum absolute atomic E-state index is 0.00128. The summed E-state index contributed by atoms with van der Waals surface area (Å²) in [4.78, 5) is 15.1. The fourth-order valence-corrected chi connectivity index (χ4v) is 4.16. The summed E-state index contributed by atoms with van der Waals surface area (Å²) in [7, 11) is 4.10. The largest absolute Gasteiger partial charge is 0.349 e. The third-order valence-electron chi connectivity index (χ3n) is 3.69. The van der Waals surface area contributed by atoms with Crippen LogP contribution in [-0.2, 0) is 0 Å². The van der Waals surface area contributed by atoms with Crippen LogP contribution in [0, 0.1) is 0 Å². The molecule has 5 heteroatoms. The van der Waals surface area contributed by atoms with Crippen molar-refractivity contribution in [1.82, 2.24) is 10.2 Å². The number of rotatable bonds is 5. The molecule has 2 aromatic heterocycles. The first-order chi connectivity index (χ1) is 10.7. The van der Waals surface area contributed by atoms with E-state index in [-0.39, 0.29) is 11.9 Å². The van der Waals surface area contributed by atoms with E-state index in [1.807, 2.05) is 17.5 Å². The lowest BCUT2D eigenvalue weighted by atomic mass is 10.0. The highest BCUT2D eigenvalue weighted by Gasteiger charge is 2.19. The van der Waals surface area contributed by atoms with Gasteiger partial charge in [0.05, 0.1) is 10.9 Å². The lowest BCUT2D eigenvalue weighted by Gasteiger charge is -2.24. The van der Waals surface area contributed by atoms with Crippen molar-refractivity contribution in [1.29, 1.82) is 0 Å². The van der Waals surface area contributed by atoms with E-state index in [9.17, 15) is 4.79 Å². The van der Waals surface area contributed by atoms with Crippen LogP contribution in [0.25, 0.3) is 10.1 Å². The van der Waals surface area contributed by atoms with Gasteiger partial charge in [0.25, 0.3) is 5.91 Å². The Balaban J connectivity index is 1.80. The van der Waals surface area contributed by atoms with Crippen LogP contribution in [0.2, 0.25) is 0 Å². The van der Waals surface area contributed by atoms with E-state index in [2.05, 4.69) is 54.0 Å². The third-order valence-corrected chi connectivity index (χ3v) is 5.54. The summed E-state index contributed by atoms with van der Waals surface area (Å²) in [6, 6.07) is 12.3. The average molecular weight is 330 g/mol. The maximum atomic E-state index is 12.1. The maximum absolute atomic E-state index is 12.1. The van der Waals surface area contributed by atoms with Crippen LogP contribution in [-0.4, -0.2) is 31.4 Å². The molecule has 0 fully saturated rings. The Morgan fingerprint density at radius 1 is 1.18 bits per heavy atom. The lowest BCUT2D eigenvalue weighted by molar-refractivity contribution is 0.0946. The first kappa shape index (κ1) is 15.2. The van der Waals surface area contributed by atoms with E-state index in [4.69, 9.17) is 0 Å². The second-order valence-electron chi connectivity index (χ2n) is 5.35. The van der Waals surface area contributed by atoms with Crippen LogP contribution in [0.5, 0.6) is 0 Å². The Morgan fingerprint density at radius 2 is 2.00 bits per heavy atom. The molecule has 1 amide bonds. The molecule has 114 valence electrons. The predicted octanol–water partition coefficient (Wildman–Crippen LogP) is 4.00. The first-order valence-corrected chi connectivity index (χ1v) is 8.87. The Morgan fingerprint density at radius 3 is 2.73 bits per heavy atom. The van der Waals surface area contributed by atoms with Crippen molar-refractivity contribution in [3.63, 3.8) is 0 Å². The van der Waals surface area contributed by atoms with Crippen molar-refractivity contribution in [3.8, 4) is 0 Å². The molecular formula is C17H18N2OS2. The molecule has 0 bridgehead atoms. The van der Waals surface area contributed by atoms with E-state index < -0.39 is 0 Å². The molecule has 1 atom stereocenters. The highest BCUT2D eigenvalue weighted by atomic mass is 32.1. The van der Waals surface area contributed by atoms with Crippen molar-refractivity contribution in [2.75, 3.05) is 20.6 Å². The number of fused-ring (bicyclic) bond motifs is 1. The molecular weight excluding hydrogens is 312 g/mol. The molecule has 0 aliphatic carbocycles. The second kappa shape index (κ2) is 6.60. The van der Waals surface area contributed by atoms with E-state index in [1.165, 1.54) is 27.0 Å². The van der Waals surface area contributed by atoms with Crippen molar-refractivity contribution in [2.24, 2.45) is 0 Å². The van der Waals surface area contributed by atoms with Gasteiger partial charge in [0, 0.05) is 11.2 Å². The SMILES string of the molecule is CN(C)[C@H](CNC(=O)c1cccs1)c1csc2ccccc12. The number of hydrogen-bond acceptors (Lipinski definition) is 4. The Bertz CT molecular complexity index is 762. The van der Waals surface area contributed by atoms with Crippen LogP contribution in [0.1, 0.15) is 21.3 Å². The Kier molecular flexibility index (Phi) is 4.57. The summed E-state index contributed by atoms with van der Waals surface area (Å²) in [5, 5.41) is 8.45. The van der Waals surface area contributed by atoms with Gasteiger partial charge in [-0.15, -0.1) is 22.7 Å². The molecule has 3 aromatic rings. The molecule has 0 saturated carbocycles. The van der Waals surface area contributed by atoms with Gasteiger partial charge in [-0.1, -0.05) is 24.3 Å². The molecule has 0 aliphatic heterocycles. The molecule has 0 radical (unpaired) electrons. The van der Waals surface area contributed by atoms with Crippen LogP contribution < -0.4 is 5.32 Å². The number of carbonyl (C=O) groups is 1. The number of hydrogen-bond donors (Lipinski definition) is 1. The molecule has 0 saturated heterocycles. The fraction of sp³-hybridized carbons (Fsp3) is 0.235. The summed E-state index contributed by atoms with van der Waals surface area (Å²) >= 11 is 3.22. The number of benzene rings is 1. The summed E-state index contributed by atoms with van der Waals surface area (Å²) < 4.78 is 1.29. The molecule has 1 aromatic carbocycles. The van der Waals surface area contributed by atoms with E-state index in [0.717, 1.165) is 4.88 Å². The molecule has 22 heavy (non-hydrogen) atoms. The Labute approximate surface area is 138 Å². The predicted molar refractivity (Wildman–Crippen MR) is 94.9 cm³/mol. The van der Waals surface area contributed by atoms with E-state index in [0.29, 0.717) is 6.54 Å². The summed E-state index contributed by atoms with van der Waals surface area (Å²) in [5.41, 5.74) is 1.28. The number of nitrogens with one attached hydrogen (secondary N) is 1. The third kappa shape index (κ3) is 3.06. The molecule has 0 spiro atoms. The lowest BCUT2D eigenvalue weighted by Crippen LogP contribution is -2.34. The smallest absolute Gasteiger partial charge is 0.261 e. The zero-order chi connectivity index (χ0) is 15.5. The number of thiophene rings is 2. The highest BCUT2D eigenvalue weighted by Crippen LogP contribution is 2.32. The maximum Gasteiger partial charge on any atom is 0.261 e. The molecule has 2 heterocycles. The summed E-state index contributed by atoms with van der Waals surface area (Å²) in [6.45, 7) is 0.602. The first-order valence-electron chi connectivity index (χ1n) is 7.11. The van der Waals surface area contributed by atoms with Gasteiger partial charge < -0.3 is 10.2 Å². The van der Waals surface area contributed by atoms with Gasteiger partial charge in [-0.05, 0) is 47.9 Å². The van der Waals surface area contributed by atoms with Crippen molar-refractivity contribution >= 4 is 38.7 Å². The van der Waals surface area contributed by atoms with Gasteiger partial charge >= 0.3 is 0 Å². The molecule has 3 nitrogen and oxygen atoms in total. The quantitative estimate of drug-likeness (QED) is 0.767. The summed E-state index contributed by atoms with van der Waals surface area (Å²) in [6.07, 6.45) is 0.